The van der Waals surface area contributed by atoms with E-state index in [2.05, 4.69) is 25.2 Å². The lowest BCUT2D eigenvalue weighted by Crippen LogP contribution is -2.49. The van der Waals surface area contributed by atoms with E-state index in [9.17, 15) is 4.79 Å². The van der Waals surface area contributed by atoms with Crippen LogP contribution < -0.4 is 4.90 Å². The quantitative estimate of drug-likeness (QED) is 0.506. The lowest BCUT2D eigenvalue weighted by atomic mass is 10.2. The van der Waals surface area contributed by atoms with Gasteiger partial charge in [0.25, 0.3) is 0 Å². The van der Waals surface area contributed by atoms with Crippen LogP contribution in [0.1, 0.15) is 5.56 Å². The van der Waals surface area contributed by atoms with Crippen LogP contribution in [0.2, 0.25) is 0 Å². The minimum absolute atomic E-state index is 0.273. The van der Waals surface area contributed by atoms with Gasteiger partial charge in [0, 0.05) is 26.2 Å². The average molecular weight is 415 g/mol. The molecular weight excluding hydrogens is 394 g/mol. The summed E-state index contributed by atoms with van der Waals surface area (Å²) in [6, 6.07) is 19.4. The van der Waals surface area contributed by atoms with Gasteiger partial charge in [-0.1, -0.05) is 53.7 Å². The zero-order valence-electron chi connectivity index (χ0n) is 16.8. The van der Waals surface area contributed by atoms with Crippen molar-refractivity contribution in [3.63, 3.8) is 0 Å². The van der Waals surface area contributed by atoms with Crippen LogP contribution in [-0.2, 0) is 11.3 Å². The minimum atomic E-state index is -0.300. The monoisotopic (exact) mass is 415 g/mol. The second-order valence-electron chi connectivity index (χ2n) is 7.22. The Morgan fingerprint density at radius 1 is 0.903 bits per heavy atom. The molecule has 4 aromatic rings. The summed E-state index contributed by atoms with van der Waals surface area (Å²) in [6.45, 7) is 2.63. The number of amides is 1. The van der Waals surface area contributed by atoms with Crippen LogP contribution in [0.25, 0.3) is 16.9 Å². The maximum Gasteiger partial charge on any atom is 0.410 e. The maximum atomic E-state index is 12.4. The molecule has 3 heterocycles. The lowest BCUT2D eigenvalue weighted by Gasteiger charge is -2.34. The van der Waals surface area contributed by atoms with Crippen molar-refractivity contribution in [2.75, 3.05) is 31.1 Å². The number of fused-ring (bicyclic) bond motifs is 1. The molecule has 0 saturated carbocycles. The Labute approximate surface area is 178 Å². The molecule has 9 nitrogen and oxygen atoms in total. The Bertz CT molecular complexity index is 1170. The molecule has 1 fully saturated rings. The molecule has 1 aliphatic rings. The summed E-state index contributed by atoms with van der Waals surface area (Å²) in [5.41, 5.74) is 3.16. The number of hydrogen-bond acceptors (Lipinski definition) is 7. The van der Waals surface area contributed by atoms with E-state index >= 15 is 0 Å². The summed E-state index contributed by atoms with van der Waals surface area (Å²) in [4.78, 5) is 25.1. The summed E-state index contributed by atoms with van der Waals surface area (Å²) < 4.78 is 7.15. The Kier molecular flexibility index (Phi) is 5.14. The van der Waals surface area contributed by atoms with Gasteiger partial charge in [0.15, 0.2) is 17.0 Å². The topological polar surface area (TPSA) is 89.3 Å². The zero-order chi connectivity index (χ0) is 21.0. The van der Waals surface area contributed by atoms with Crippen molar-refractivity contribution in [3.05, 3.63) is 72.6 Å². The molecule has 0 N–H and O–H groups in total. The normalized spacial score (nSPS) is 14.1. The number of ether oxygens (including phenoxy) is 1. The van der Waals surface area contributed by atoms with E-state index < -0.39 is 0 Å². The fourth-order valence-corrected chi connectivity index (χ4v) is 3.62. The van der Waals surface area contributed by atoms with Gasteiger partial charge in [-0.3, -0.25) is 0 Å². The third kappa shape index (κ3) is 3.89. The number of anilines is 1. The van der Waals surface area contributed by atoms with Gasteiger partial charge in [-0.2, -0.15) is 4.68 Å². The molecule has 1 saturated heterocycles. The SMILES string of the molecule is O=C(OCc1ccccc1)N1CCN(c2ncnc3c2nnn3-c2ccccc2)CC1. The highest BCUT2D eigenvalue weighted by atomic mass is 16.6. The summed E-state index contributed by atoms with van der Waals surface area (Å²) in [7, 11) is 0. The third-order valence-corrected chi connectivity index (χ3v) is 5.26. The van der Waals surface area contributed by atoms with Gasteiger partial charge in [-0.25, -0.2) is 14.8 Å². The second kappa shape index (κ2) is 8.39. The van der Waals surface area contributed by atoms with Crippen molar-refractivity contribution >= 4 is 23.1 Å². The molecule has 0 unspecified atom stereocenters. The lowest BCUT2D eigenvalue weighted by molar-refractivity contribution is 0.0941. The molecule has 0 aliphatic carbocycles. The molecular formula is C22H21N7O2. The first-order valence-electron chi connectivity index (χ1n) is 10.1. The number of nitrogens with zero attached hydrogens (tertiary/aromatic N) is 7. The Hall–Kier alpha value is -4.01. The molecule has 156 valence electrons. The molecule has 31 heavy (non-hydrogen) atoms. The Balaban J connectivity index is 1.26. The van der Waals surface area contributed by atoms with Crippen molar-refractivity contribution < 1.29 is 9.53 Å². The average Bonchev–Trinajstić information content (AvgIpc) is 3.28. The summed E-state index contributed by atoms with van der Waals surface area (Å²) in [5, 5.41) is 8.60. The second-order valence-corrected chi connectivity index (χ2v) is 7.22. The zero-order valence-corrected chi connectivity index (χ0v) is 16.8. The highest BCUT2D eigenvalue weighted by Crippen LogP contribution is 2.23. The smallest absolute Gasteiger partial charge is 0.410 e. The fraction of sp³-hybridized carbons (Fsp3) is 0.227. The van der Waals surface area contributed by atoms with E-state index in [1.807, 2.05) is 60.7 Å². The van der Waals surface area contributed by atoms with Gasteiger partial charge in [0.05, 0.1) is 5.69 Å². The van der Waals surface area contributed by atoms with Crippen molar-refractivity contribution in [1.82, 2.24) is 29.9 Å². The highest BCUT2D eigenvalue weighted by molar-refractivity contribution is 5.83. The molecule has 1 aliphatic heterocycles. The van der Waals surface area contributed by atoms with Gasteiger partial charge in [-0.05, 0) is 17.7 Å². The van der Waals surface area contributed by atoms with E-state index in [1.54, 1.807) is 9.58 Å². The van der Waals surface area contributed by atoms with Gasteiger partial charge in [0.2, 0.25) is 0 Å². The standard InChI is InChI=1S/C22H21N7O2/c30-22(31-15-17-7-3-1-4-8-17)28-13-11-27(12-14-28)20-19-21(24-16-23-20)29(26-25-19)18-9-5-2-6-10-18/h1-10,16H,11-15H2. The van der Waals surface area contributed by atoms with Crippen molar-refractivity contribution in [2.24, 2.45) is 0 Å². The van der Waals surface area contributed by atoms with E-state index in [1.165, 1.54) is 6.33 Å². The van der Waals surface area contributed by atoms with Crippen LogP contribution in [0.5, 0.6) is 0 Å². The van der Waals surface area contributed by atoms with Crippen LogP contribution >= 0.6 is 0 Å². The minimum Gasteiger partial charge on any atom is -0.445 e. The number of para-hydroxylation sites is 1. The first kappa shape index (κ1) is 19.0. The molecule has 5 rings (SSSR count). The number of carbonyl (C=O) groups excluding carboxylic acids is 1. The van der Waals surface area contributed by atoms with Crippen LogP contribution in [-0.4, -0.2) is 62.1 Å². The summed E-state index contributed by atoms with van der Waals surface area (Å²) in [6.07, 6.45) is 1.23. The van der Waals surface area contributed by atoms with Gasteiger partial charge >= 0.3 is 6.09 Å². The van der Waals surface area contributed by atoms with Gasteiger partial charge in [0.1, 0.15) is 12.9 Å². The molecule has 1 amide bonds. The van der Waals surface area contributed by atoms with Crippen molar-refractivity contribution in [2.45, 2.75) is 6.61 Å². The van der Waals surface area contributed by atoms with Crippen LogP contribution in [0.3, 0.4) is 0 Å². The first-order valence-corrected chi connectivity index (χ1v) is 10.1. The van der Waals surface area contributed by atoms with Crippen LogP contribution in [0.15, 0.2) is 67.0 Å². The number of benzene rings is 2. The number of rotatable bonds is 4. The predicted octanol–water partition coefficient (Wildman–Crippen LogP) is 2.67. The predicted molar refractivity (Wildman–Crippen MR) is 115 cm³/mol. The molecule has 9 heteroatoms. The molecule has 0 atom stereocenters. The van der Waals surface area contributed by atoms with E-state index in [4.69, 9.17) is 4.74 Å². The van der Waals surface area contributed by atoms with Gasteiger partial charge < -0.3 is 14.5 Å². The molecule has 0 spiro atoms. The van der Waals surface area contributed by atoms with Crippen LogP contribution in [0.4, 0.5) is 10.6 Å². The Morgan fingerprint density at radius 3 is 2.35 bits per heavy atom. The number of aromatic nitrogens is 5. The largest absolute Gasteiger partial charge is 0.445 e. The van der Waals surface area contributed by atoms with Gasteiger partial charge in [-0.15, -0.1) is 5.10 Å². The fourth-order valence-electron chi connectivity index (χ4n) is 3.62. The highest BCUT2D eigenvalue weighted by Gasteiger charge is 2.25. The molecule has 0 radical (unpaired) electrons. The molecule has 2 aromatic carbocycles. The summed E-state index contributed by atoms with van der Waals surface area (Å²) in [5.74, 6) is 0.726. The molecule has 2 aromatic heterocycles. The first-order chi connectivity index (χ1) is 15.3. The molecule has 0 bridgehead atoms. The maximum absolute atomic E-state index is 12.4. The summed E-state index contributed by atoms with van der Waals surface area (Å²) >= 11 is 0. The van der Waals surface area contributed by atoms with E-state index in [-0.39, 0.29) is 12.7 Å². The number of hydrogen-bond donors (Lipinski definition) is 0. The van der Waals surface area contributed by atoms with Crippen LogP contribution in [0, 0.1) is 0 Å². The van der Waals surface area contributed by atoms with Crippen molar-refractivity contribution in [1.29, 1.82) is 0 Å². The number of carbonyl (C=O) groups is 1. The van der Waals surface area contributed by atoms with E-state index in [0.29, 0.717) is 37.3 Å². The Morgan fingerprint density at radius 2 is 1.61 bits per heavy atom. The number of piperazine rings is 1. The van der Waals surface area contributed by atoms with Crippen molar-refractivity contribution in [3.8, 4) is 5.69 Å². The van der Waals surface area contributed by atoms with E-state index in [0.717, 1.165) is 17.1 Å². The third-order valence-electron chi connectivity index (χ3n) is 5.26.